The van der Waals surface area contributed by atoms with Gasteiger partial charge < -0.3 is 14.3 Å². The van der Waals surface area contributed by atoms with Crippen molar-refractivity contribution in [2.24, 2.45) is 5.16 Å². The number of halogens is 3. The van der Waals surface area contributed by atoms with Crippen molar-refractivity contribution in [3.63, 3.8) is 0 Å². The number of carbonyl (C=O) groups is 1. The molecule has 1 aliphatic heterocycles. The maximum atomic E-state index is 12.5. The van der Waals surface area contributed by atoms with E-state index in [4.69, 9.17) is 4.84 Å². The minimum Gasteiger partial charge on any atom is -0.396 e. The van der Waals surface area contributed by atoms with Crippen LogP contribution in [0.1, 0.15) is 31.2 Å². The molecule has 0 saturated carbocycles. The lowest BCUT2D eigenvalue weighted by Gasteiger charge is -2.27. The van der Waals surface area contributed by atoms with Gasteiger partial charge in [0.25, 0.3) is 0 Å². The quantitative estimate of drug-likeness (QED) is 0.725. The molecule has 150 valence electrons. The summed E-state index contributed by atoms with van der Waals surface area (Å²) in [6.07, 6.45) is -3.11. The predicted molar refractivity (Wildman–Crippen MR) is 93.3 cm³/mol. The summed E-state index contributed by atoms with van der Waals surface area (Å²) < 4.78 is 41.8. The fraction of sp³-hybridized carbons (Fsp3) is 0.444. The number of aromatic nitrogens is 2. The van der Waals surface area contributed by atoms with E-state index >= 15 is 0 Å². The maximum absolute atomic E-state index is 12.5. The second-order valence-corrected chi connectivity index (χ2v) is 6.25. The van der Waals surface area contributed by atoms with Crippen LogP contribution in [0, 0.1) is 0 Å². The van der Waals surface area contributed by atoms with Crippen LogP contribution in [0.25, 0.3) is 11.4 Å². The fourth-order valence-electron chi connectivity index (χ4n) is 2.78. The molecule has 0 atom stereocenters. The maximum Gasteiger partial charge on any atom is 0.471 e. The SMILES string of the molecule is CCON=C1CCN(C(=O)Cc2ccc(-c3noc(C(F)(F)F)n3)cc2)CC1. The van der Waals surface area contributed by atoms with E-state index in [0.29, 0.717) is 38.1 Å². The molecule has 0 unspecified atom stereocenters. The highest BCUT2D eigenvalue weighted by Gasteiger charge is 2.38. The largest absolute Gasteiger partial charge is 0.471 e. The van der Waals surface area contributed by atoms with Crippen molar-refractivity contribution in [1.29, 1.82) is 0 Å². The van der Waals surface area contributed by atoms with Crippen molar-refractivity contribution in [1.82, 2.24) is 15.0 Å². The topological polar surface area (TPSA) is 80.8 Å². The van der Waals surface area contributed by atoms with Gasteiger partial charge in [0.2, 0.25) is 11.7 Å². The van der Waals surface area contributed by atoms with Crippen LogP contribution in [0.4, 0.5) is 13.2 Å². The number of hydrogen-bond acceptors (Lipinski definition) is 6. The van der Waals surface area contributed by atoms with Crippen molar-refractivity contribution in [2.75, 3.05) is 19.7 Å². The van der Waals surface area contributed by atoms with Gasteiger partial charge in [0.15, 0.2) is 0 Å². The van der Waals surface area contributed by atoms with E-state index in [-0.39, 0.29) is 18.2 Å². The molecule has 1 aromatic carbocycles. The zero-order valence-corrected chi connectivity index (χ0v) is 15.2. The van der Waals surface area contributed by atoms with Crippen LogP contribution in [0.5, 0.6) is 0 Å². The fourth-order valence-corrected chi connectivity index (χ4v) is 2.78. The molecule has 2 aromatic rings. The summed E-state index contributed by atoms with van der Waals surface area (Å²) in [5, 5.41) is 7.37. The Kier molecular flexibility index (Phi) is 5.96. The number of hydrogen-bond donors (Lipinski definition) is 0. The molecule has 1 fully saturated rings. The molecule has 0 bridgehead atoms. The molecular formula is C18H19F3N4O3. The Hall–Kier alpha value is -2.91. The number of rotatable bonds is 5. The van der Waals surface area contributed by atoms with Crippen LogP contribution >= 0.6 is 0 Å². The molecule has 0 aliphatic carbocycles. The molecule has 0 spiro atoms. The van der Waals surface area contributed by atoms with Crippen molar-refractivity contribution >= 4 is 11.6 Å². The van der Waals surface area contributed by atoms with Crippen LogP contribution < -0.4 is 0 Å². The molecule has 7 nitrogen and oxygen atoms in total. The van der Waals surface area contributed by atoms with E-state index in [1.807, 2.05) is 6.92 Å². The molecular weight excluding hydrogens is 377 g/mol. The number of piperidine rings is 1. The lowest BCUT2D eigenvalue weighted by Crippen LogP contribution is -2.39. The molecule has 1 aromatic heterocycles. The molecule has 1 amide bonds. The van der Waals surface area contributed by atoms with E-state index in [1.165, 1.54) is 0 Å². The highest BCUT2D eigenvalue weighted by Crippen LogP contribution is 2.29. The van der Waals surface area contributed by atoms with Gasteiger partial charge in [0.05, 0.1) is 12.1 Å². The number of oxime groups is 1. The Morgan fingerprint density at radius 2 is 1.93 bits per heavy atom. The van der Waals surface area contributed by atoms with Gasteiger partial charge in [0.1, 0.15) is 6.61 Å². The normalized spacial score (nSPS) is 14.9. The van der Waals surface area contributed by atoms with Crippen molar-refractivity contribution < 1.29 is 27.3 Å². The van der Waals surface area contributed by atoms with Crippen LogP contribution in [-0.2, 0) is 22.2 Å². The monoisotopic (exact) mass is 396 g/mol. The first kappa shape index (κ1) is 19.8. The summed E-state index contributed by atoms with van der Waals surface area (Å²) in [4.78, 5) is 22.6. The summed E-state index contributed by atoms with van der Waals surface area (Å²) in [6.45, 7) is 3.56. The predicted octanol–water partition coefficient (Wildman–Crippen LogP) is 3.31. The third-order valence-corrected chi connectivity index (χ3v) is 4.25. The van der Waals surface area contributed by atoms with Crippen LogP contribution in [0.2, 0.25) is 0 Å². The number of nitrogens with zero attached hydrogens (tertiary/aromatic N) is 4. The summed E-state index contributed by atoms with van der Waals surface area (Å²) in [5.41, 5.74) is 2.08. The average molecular weight is 396 g/mol. The van der Waals surface area contributed by atoms with Crippen LogP contribution in [0.15, 0.2) is 33.9 Å². The third-order valence-electron chi connectivity index (χ3n) is 4.25. The standard InChI is InChI=1S/C18H19F3N4O3/c1-2-27-23-14-7-9-25(10-8-14)15(26)11-12-3-5-13(6-4-12)16-22-17(28-24-16)18(19,20)21/h3-6H,2,7-11H2,1H3. The van der Waals surface area contributed by atoms with E-state index in [0.717, 1.165) is 11.3 Å². The lowest BCUT2D eigenvalue weighted by atomic mass is 10.1. The summed E-state index contributed by atoms with van der Waals surface area (Å²) in [5.74, 6) is -1.55. The molecule has 1 aliphatic rings. The highest BCUT2D eigenvalue weighted by atomic mass is 19.4. The second-order valence-electron chi connectivity index (χ2n) is 6.25. The molecule has 2 heterocycles. The Morgan fingerprint density at radius 3 is 2.50 bits per heavy atom. The summed E-state index contributed by atoms with van der Waals surface area (Å²) >= 11 is 0. The second kappa shape index (κ2) is 8.41. The minimum atomic E-state index is -4.68. The number of benzene rings is 1. The van der Waals surface area contributed by atoms with E-state index < -0.39 is 12.1 Å². The molecule has 1 saturated heterocycles. The van der Waals surface area contributed by atoms with Crippen molar-refractivity contribution in [2.45, 2.75) is 32.4 Å². The van der Waals surface area contributed by atoms with Gasteiger partial charge in [-0.2, -0.15) is 18.2 Å². The van der Waals surface area contributed by atoms with Crippen molar-refractivity contribution in [3.8, 4) is 11.4 Å². The number of amides is 1. The zero-order chi connectivity index (χ0) is 20.1. The molecule has 10 heteroatoms. The molecule has 28 heavy (non-hydrogen) atoms. The summed E-state index contributed by atoms with van der Waals surface area (Å²) in [6, 6.07) is 6.47. The first-order valence-corrected chi connectivity index (χ1v) is 8.82. The van der Waals surface area contributed by atoms with Gasteiger partial charge in [-0.1, -0.05) is 34.6 Å². The lowest BCUT2D eigenvalue weighted by molar-refractivity contribution is -0.159. The number of likely N-dealkylation sites (tertiary alicyclic amines) is 1. The minimum absolute atomic E-state index is 0.0119. The van der Waals surface area contributed by atoms with Crippen LogP contribution in [0.3, 0.4) is 0 Å². The van der Waals surface area contributed by atoms with Gasteiger partial charge in [0, 0.05) is 31.5 Å². The molecule has 3 rings (SSSR count). The third kappa shape index (κ3) is 4.87. The molecule has 0 radical (unpaired) electrons. The first-order chi connectivity index (χ1) is 13.4. The van der Waals surface area contributed by atoms with Gasteiger partial charge in [-0.05, 0) is 12.5 Å². The van der Waals surface area contributed by atoms with Gasteiger partial charge in [-0.15, -0.1) is 0 Å². The molecule has 0 N–H and O–H groups in total. The first-order valence-electron chi connectivity index (χ1n) is 8.82. The Labute approximate surface area is 159 Å². The summed E-state index contributed by atoms with van der Waals surface area (Å²) in [7, 11) is 0. The van der Waals surface area contributed by atoms with E-state index in [9.17, 15) is 18.0 Å². The van der Waals surface area contributed by atoms with E-state index in [2.05, 4.69) is 19.8 Å². The van der Waals surface area contributed by atoms with Gasteiger partial charge in [-0.25, -0.2) is 0 Å². The average Bonchev–Trinajstić information content (AvgIpc) is 3.18. The van der Waals surface area contributed by atoms with Gasteiger partial charge in [-0.3, -0.25) is 4.79 Å². The zero-order valence-electron chi connectivity index (χ0n) is 15.2. The highest BCUT2D eigenvalue weighted by molar-refractivity contribution is 5.87. The Morgan fingerprint density at radius 1 is 1.25 bits per heavy atom. The number of alkyl halides is 3. The smallest absolute Gasteiger partial charge is 0.396 e. The van der Waals surface area contributed by atoms with E-state index in [1.54, 1.807) is 29.2 Å². The Balaban J connectivity index is 1.57. The van der Waals surface area contributed by atoms with Crippen molar-refractivity contribution in [3.05, 3.63) is 35.7 Å². The van der Waals surface area contributed by atoms with Gasteiger partial charge >= 0.3 is 12.1 Å². The number of carbonyl (C=O) groups excluding carboxylic acids is 1. The Bertz CT molecular complexity index is 837. The van der Waals surface area contributed by atoms with Crippen LogP contribution in [-0.4, -0.2) is 46.4 Å².